The van der Waals surface area contributed by atoms with Crippen LogP contribution in [0, 0.1) is 5.92 Å². The summed E-state index contributed by atoms with van der Waals surface area (Å²) in [6.45, 7) is 3.69. The van der Waals surface area contributed by atoms with Crippen molar-refractivity contribution in [1.29, 1.82) is 0 Å². The minimum atomic E-state index is -3.77. The highest BCUT2D eigenvalue weighted by Gasteiger charge is 2.25. The highest BCUT2D eigenvalue weighted by Crippen LogP contribution is 2.33. The minimum absolute atomic E-state index is 0.0753. The molecule has 0 radical (unpaired) electrons. The number of hydrogen-bond acceptors (Lipinski definition) is 4. The van der Waals surface area contributed by atoms with Gasteiger partial charge in [0.25, 0.3) is 0 Å². The van der Waals surface area contributed by atoms with Gasteiger partial charge in [-0.1, -0.05) is 55.2 Å². The zero-order chi connectivity index (χ0) is 22.5. The largest absolute Gasteiger partial charge is 0.497 e. The molecule has 0 aliphatic carbocycles. The van der Waals surface area contributed by atoms with E-state index in [2.05, 4.69) is 19.2 Å². The molecular weight excluding hydrogens is 447 g/mol. The average molecular weight is 473 g/mol. The maximum atomic E-state index is 12.8. The van der Waals surface area contributed by atoms with Crippen molar-refractivity contribution in [3.05, 3.63) is 58.1 Å². The van der Waals surface area contributed by atoms with Crippen LogP contribution in [0.3, 0.4) is 0 Å². The van der Waals surface area contributed by atoms with E-state index in [0.717, 1.165) is 16.1 Å². The average Bonchev–Trinajstić information content (AvgIpc) is 2.67. The predicted octanol–water partition coefficient (Wildman–Crippen LogP) is 4.67. The van der Waals surface area contributed by atoms with E-state index >= 15 is 0 Å². The third-order valence-corrected chi connectivity index (χ3v) is 6.38. The van der Waals surface area contributed by atoms with Crippen molar-refractivity contribution in [2.75, 3.05) is 24.2 Å². The Balaban J connectivity index is 2.27. The third-order valence-electron chi connectivity index (χ3n) is 4.45. The fourth-order valence-electron chi connectivity index (χ4n) is 3.02. The number of sulfonamides is 1. The van der Waals surface area contributed by atoms with Crippen molar-refractivity contribution in [1.82, 2.24) is 5.32 Å². The van der Waals surface area contributed by atoms with Crippen LogP contribution in [0.5, 0.6) is 5.75 Å². The fourth-order valence-corrected chi connectivity index (χ4v) is 4.33. The van der Waals surface area contributed by atoms with E-state index in [4.69, 9.17) is 27.9 Å². The van der Waals surface area contributed by atoms with Crippen molar-refractivity contribution in [3.63, 3.8) is 0 Å². The summed E-state index contributed by atoms with van der Waals surface area (Å²) < 4.78 is 30.9. The van der Waals surface area contributed by atoms with Crippen LogP contribution in [-0.2, 0) is 14.8 Å². The number of amides is 1. The topological polar surface area (TPSA) is 75.7 Å². The first-order valence-corrected chi connectivity index (χ1v) is 12.0. The summed E-state index contributed by atoms with van der Waals surface area (Å²) in [7, 11) is -2.19. The first-order chi connectivity index (χ1) is 14.0. The van der Waals surface area contributed by atoms with Gasteiger partial charge in [0, 0.05) is 0 Å². The molecule has 30 heavy (non-hydrogen) atoms. The van der Waals surface area contributed by atoms with Crippen molar-refractivity contribution >= 4 is 44.8 Å². The Morgan fingerprint density at radius 2 is 1.77 bits per heavy atom. The summed E-state index contributed by atoms with van der Waals surface area (Å²) in [5, 5.41) is 3.23. The van der Waals surface area contributed by atoms with Crippen LogP contribution >= 0.6 is 23.2 Å². The van der Waals surface area contributed by atoms with Crippen LogP contribution in [0.25, 0.3) is 0 Å². The van der Waals surface area contributed by atoms with E-state index in [-0.39, 0.29) is 21.8 Å². The first kappa shape index (κ1) is 24.3. The molecule has 0 bridgehead atoms. The number of hydrogen-bond donors (Lipinski definition) is 1. The summed E-state index contributed by atoms with van der Waals surface area (Å²) in [6, 6.07) is 11.8. The van der Waals surface area contributed by atoms with E-state index in [1.54, 1.807) is 19.2 Å². The molecule has 6 nitrogen and oxygen atoms in total. The SMILES string of the molecule is COc1ccc(C(CC(C)C)NC(=O)CN(c2cccc(Cl)c2Cl)S(C)(=O)=O)cc1. The van der Waals surface area contributed by atoms with Crippen LogP contribution in [0.2, 0.25) is 10.0 Å². The molecule has 2 aromatic carbocycles. The number of benzene rings is 2. The number of ether oxygens (including phenoxy) is 1. The molecule has 1 atom stereocenters. The van der Waals surface area contributed by atoms with Gasteiger partial charge in [0.2, 0.25) is 15.9 Å². The molecule has 0 saturated heterocycles. The summed E-state index contributed by atoms with van der Waals surface area (Å²) in [5.41, 5.74) is 1.07. The lowest BCUT2D eigenvalue weighted by molar-refractivity contribution is -0.120. The van der Waals surface area contributed by atoms with Gasteiger partial charge in [0.15, 0.2) is 0 Å². The van der Waals surface area contributed by atoms with Crippen molar-refractivity contribution in [2.45, 2.75) is 26.3 Å². The Morgan fingerprint density at radius 3 is 2.30 bits per heavy atom. The number of rotatable bonds is 9. The molecule has 164 valence electrons. The third kappa shape index (κ3) is 6.52. The van der Waals surface area contributed by atoms with E-state index < -0.39 is 22.5 Å². The number of anilines is 1. The van der Waals surface area contributed by atoms with E-state index in [9.17, 15) is 13.2 Å². The van der Waals surface area contributed by atoms with Gasteiger partial charge < -0.3 is 10.1 Å². The van der Waals surface area contributed by atoms with Crippen LogP contribution in [0.4, 0.5) is 5.69 Å². The molecule has 9 heteroatoms. The molecule has 0 fully saturated rings. The molecule has 0 aliphatic rings. The Bertz CT molecular complexity index is 979. The molecule has 2 rings (SSSR count). The van der Waals surface area contributed by atoms with E-state index in [1.165, 1.54) is 6.07 Å². The second kappa shape index (κ2) is 10.4. The smallest absolute Gasteiger partial charge is 0.241 e. The van der Waals surface area contributed by atoms with Crippen LogP contribution < -0.4 is 14.4 Å². The molecule has 2 aromatic rings. The second-order valence-corrected chi connectivity index (χ2v) is 10.1. The maximum Gasteiger partial charge on any atom is 0.241 e. The molecule has 0 aromatic heterocycles. The van der Waals surface area contributed by atoms with Gasteiger partial charge in [0.05, 0.1) is 35.1 Å². The molecular formula is C21H26Cl2N2O4S. The summed E-state index contributed by atoms with van der Waals surface area (Å²) in [6.07, 6.45) is 1.71. The molecule has 0 saturated carbocycles. The normalized spacial score (nSPS) is 12.5. The van der Waals surface area contributed by atoms with Crippen LogP contribution in [0.1, 0.15) is 31.9 Å². The fraction of sp³-hybridized carbons (Fsp3) is 0.381. The minimum Gasteiger partial charge on any atom is -0.497 e. The van der Waals surface area contributed by atoms with Gasteiger partial charge in [-0.2, -0.15) is 0 Å². The van der Waals surface area contributed by atoms with Gasteiger partial charge in [-0.15, -0.1) is 0 Å². The zero-order valence-electron chi connectivity index (χ0n) is 17.4. The quantitative estimate of drug-likeness (QED) is 0.574. The number of halogens is 2. The van der Waals surface area contributed by atoms with Crippen molar-refractivity contribution in [3.8, 4) is 5.75 Å². The number of carbonyl (C=O) groups excluding carboxylic acids is 1. The van der Waals surface area contributed by atoms with Gasteiger partial charge in [-0.25, -0.2) is 8.42 Å². The molecule has 1 N–H and O–H groups in total. The van der Waals surface area contributed by atoms with Crippen LogP contribution in [-0.4, -0.2) is 34.2 Å². The molecule has 0 heterocycles. The molecule has 0 spiro atoms. The number of nitrogens with one attached hydrogen (secondary N) is 1. The summed E-state index contributed by atoms with van der Waals surface area (Å²) >= 11 is 12.2. The highest BCUT2D eigenvalue weighted by molar-refractivity contribution is 7.92. The van der Waals surface area contributed by atoms with Gasteiger partial charge in [0.1, 0.15) is 12.3 Å². The zero-order valence-corrected chi connectivity index (χ0v) is 19.7. The number of nitrogens with zero attached hydrogens (tertiary/aromatic N) is 1. The van der Waals surface area contributed by atoms with Gasteiger partial charge >= 0.3 is 0 Å². The van der Waals surface area contributed by atoms with E-state index in [0.29, 0.717) is 18.1 Å². The van der Waals surface area contributed by atoms with Crippen molar-refractivity contribution in [2.24, 2.45) is 5.92 Å². The van der Waals surface area contributed by atoms with Crippen LogP contribution in [0.15, 0.2) is 42.5 Å². The Labute approximate surface area is 188 Å². The standard InChI is InChI=1S/C21H26Cl2N2O4S/c1-14(2)12-18(15-8-10-16(29-3)11-9-15)24-20(26)13-25(30(4,27)28)19-7-5-6-17(22)21(19)23/h5-11,14,18H,12-13H2,1-4H3,(H,24,26). The number of methoxy groups -OCH3 is 1. The maximum absolute atomic E-state index is 12.8. The first-order valence-electron chi connectivity index (χ1n) is 9.38. The second-order valence-electron chi connectivity index (χ2n) is 7.37. The lowest BCUT2D eigenvalue weighted by Crippen LogP contribution is -2.42. The predicted molar refractivity (Wildman–Crippen MR) is 122 cm³/mol. The lowest BCUT2D eigenvalue weighted by Gasteiger charge is -2.26. The summed E-state index contributed by atoms with van der Waals surface area (Å²) in [4.78, 5) is 12.8. The van der Waals surface area contributed by atoms with Gasteiger partial charge in [-0.05, 0) is 42.2 Å². The van der Waals surface area contributed by atoms with Gasteiger partial charge in [-0.3, -0.25) is 9.10 Å². The van der Waals surface area contributed by atoms with E-state index in [1.807, 2.05) is 24.3 Å². The molecule has 0 aliphatic heterocycles. The highest BCUT2D eigenvalue weighted by atomic mass is 35.5. The molecule has 1 amide bonds. The Morgan fingerprint density at radius 1 is 1.13 bits per heavy atom. The molecule has 1 unspecified atom stereocenters. The van der Waals surface area contributed by atoms with Crippen molar-refractivity contribution < 1.29 is 17.9 Å². The monoisotopic (exact) mass is 472 g/mol. The Kier molecular flexibility index (Phi) is 8.41. The lowest BCUT2D eigenvalue weighted by atomic mass is 9.97. The number of carbonyl (C=O) groups is 1. The summed E-state index contributed by atoms with van der Waals surface area (Å²) in [5.74, 6) is 0.580. The Hall–Kier alpha value is -1.96.